The van der Waals surface area contributed by atoms with Crippen LogP contribution in [0.1, 0.15) is 108 Å². The first-order valence-electron chi connectivity index (χ1n) is 18.4. The molecule has 5 nitrogen and oxygen atoms in total. The van der Waals surface area contributed by atoms with Gasteiger partial charge in [-0.1, -0.05) is 139 Å². The molecule has 0 amide bonds. The van der Waals surface area contributed by atoms with Gasteiger partial charge in [-0.25, -0.2) is 0 Å². The standard InChI is InChI=1S/C43H56B2O5/c1-28(2)13-12-14-29(3)23-24-49-41-16-11-10-15-37(41)43(38-25-30(4)17-18-31(38)5)39-26-33(44(46)47)19-21-35(39)36-22-20-34(27-40(36)43)45(48)50-32(6)42(7,8)9/h10-11,15-22,25-29,32,46-48H,12-14,23-24H2,1-9H3. The minimum atomic E-state index is -1.63. The molecule has 0 aromatic heterocycles. The average Bonchev–Trinajstić information content (AvgIpc) is 3.35. The van der Waals surface area contributed by atoms with E-state index in [2.05, 4.69) is 104 Å². The first-order valence-corrected chi connectivity index (χ1v) is 18.4. The van der Waals surface area contributed by atoms with Gasteiger partial charge in [0.15, 0.2) is 0 Å². The van der Waals surface area contributed by atoms with Crippen molar-refractivity contribution < 1.29 is 24.5 Å². The van der Waals surface area contributed by atoms with Crippen LogP contribution in [0, 0.1) is 31.1 Å². The third kappa shape index (κ3) is 7.77. The third-order valence-corrected chi connectivity index (χ3v) is 10.8. The number of hydrogen-bond acceptors (Lipinski definition) is 5. The fourth-order valence-corrected chi connectivity index (χ4v) is 7.31. The van der Waals surface area contributed by atoms with Gasteiger partial charge in [0, 0.05) is 11.7 Å². The van der Waals surface area contributed by atoms with Gasteiger partial charge in [0.1, 0.15) is 5.75 Å². The predicted octanol–water partition coefficient (Wildman–Crippen LogP) is 7.72. The van der Waals surface area contributed by atoms with Crippen LogP contribution in [0.25, 0.3) is 11.1 Å². The van der Waals surface area contributed by atoms with Crippen molar-refractivity contribution in [2.24, 2.45) is 17.3 Å². The second-order valence-corrected chi connectivity index (χ2v) is 16.1. The lowest BCUT2D eigenvalue weighted by molar-refractivity contribution is 0.0859. The summed E-state index contributed by atoms with van der Waals surface area (Å²) in [6, 6.07) is 26.6. The summed E-state index contributed by atoms with van der Waals surface area (Å²) in [4.78, 5) is 0. The highest BCUT2D eigenvalue weighted by atomic mass is 16.5. The van der Waals surface area contributed by atoms with Gasteiger partial charge in [-0.3, -0.25) is 0 Å². The van der Waals surface area contributed by atoms with E-state index in [0.717, 1.165) is 56.7 Å². The Labute approximate surface area is 301 Å². The highest BCUT2D eigenvalue weighted by Gasteiger charge is 2.49. The first-order chi connectivity index (χ1) is 23.6. The molecule has 0 aliphatic heterocycles. The van der Waals surface area contributed by atoms with Gasteiger partial charge in [0.05, 0.1) is 12.0 Å². The zero-order chi connectivity index (χ0) is 36.4. The Kier molecular flexibility index (Phi) is 11.7. The van der Waals surface area contributed by atoms with Crippen molar-refractivity contribution in [3.05, 3.63) is 112 Å². The van der Waals surface area contributed by atoms with Gasteiger partial charge >= 0.3 is 14.2 Å². The molecule has 0 saturated carbocycles. The van der Waals surface area contributed by atoms with Crippen LogP contribution in [0.2, 0.25) is 0 Å². The van der Waals surface area contributed by atoms with Crippen LogP contribution in [-0.4, -0.2) is 42.0 Å². The van der Waals surface area contributed by atoms with Gasteiger partial charge in [-0.15, -0.1) is 0 Å². The highest BCUT2D eigenvalue weighted by Crippen LogP contribution is 2.58. The van der Waals surface area contributed by atoms with Gasteiger partial charge in [0.25, 0.3) is 0 Å². The molecule has 4 aromatic rings. The largest absolute Gasteiger partial charge is 0.493 e. The van der Waals surface area contributed by atoms with Gasteiger partial charge in [0.2, 0.25) is 0 Å². The van der Waals surface area contributed by atoms with E-state index < -0.39 is 19.7 Å². The highest BCUT2D eigenvalue weighted by molar-refractivity contribution is 6.60. The topological polar surface area (TPSA) is 79.2 Å². The van der Waals surface area contributed by atoms with E-state index in [1.807, 2.05) is 31.2 Å². The first kappa shape index (κ1) is 37.9. The van der Waals surface area contributed by atoms with Crippen LogP contribution in [-0.2, 0) is 10.1 Å². The maximum Gasteiger partial charge on any atom is 0.491 e. The Morgan fingerprint density at radius 2 is 1.34 bits per heavy atom. The summed E-state index contributed by atoms with van der Waals surface area (Å²) >= 11 is 0. The SMILES string of the molecule is Cc1ccc(C)c(C2(c3ccccc3OCCC(C)CCCC(C)C)c3cc(B(O)O)ccc3-c3ccc(B(O)OC(C)C(C)(C)C)cc32)c1. The maximum absolute atomic E-state index is 11.5. The molecule has 3 atom stereocenters. The number of para-hydroxylation sites is 1. The second kappa shape index (κ2) is 15.5. The van der Waals surface area contributed by atoms with Crippen LogP contribution in [0.4, 0.5) is 0 Å². The fraction of sp³-hybridized carbons (Fsp3) is 0.442. The Balaban J connectivity index is 1.72. The molecular weight excluding hydrogens is 618 g/mol. The van der Waals surface area contributed by atoms with Crippen molar-refractivity contribution in [3.8, 4) is 16.9 Å². The number of rotatable bonds is 14. The molecule has 0 saturated heterocycles. The minimum absolute atomic E-state index is 0.153. The normalized spacial score (nSPS) is 16.6. The number of ether oxygens (including phenoxy) is 1. The summed E-state index contributed by atoms with van der Waals surface area (Å²) < 4.78 is 13.0. The molecule has 5 rings (SSSR count). The maximum atomic E-state index is 11.5. The summed E-state index contributed by atoms with van der Waals surface area (Å²) in [6.07, 6.45) is 4.42. The summed E-state index contributed by atoms with van der Waals surface area (Å²) in [5, 5.41) is 32.4. The van der Waals surface area contributed by atoms with Crippen LogP contribution in [0.3, 0.4) is 0 Å². The Morgan fingerprint density at radius 1 is 0.700 bits per heavy atom. The quantitative estimate of drug-likeness (QED) is 0.105. The van der Waals surface area contributed by atoms with Crippen molar-refractivity contribution >= 4 is 25.2 Å². The Hall–Kier alpha value is -3.35. The van der Waals surface area contributed by atoms with E-state index in [4.69, 9.17) is 9.39 Å². The average molecular weight is 675 g/mol. The number of fused-ring (bicyclic) bond motifs is 3. The lowest BCUT2D eigenvalue weighted by atomic mass is 9.63. The van der Waals surface area contributed by atoms with E-state index in [9.17, 15) is 15.1 Å². The van der Waals surface area contributed by atoms with E-state index in [-0.39, 0.29) is 11.5 Å². The molecule has 7 heteroatoms. The predicted molar refractivity (Wildman–Crippen MR) is 209 cm³/mol. The smallest absolute Gasteiger partial charge is 0.491 e. The van der Waals surface area contributed by atoms with Crippen molar-refractivity contribution in [1.29, 1.82) is 0 Å². The minimum Gasteiger partial charge on any atom is -0.493 e. The molecule has 0 fully saturated rings. The molecule has 3 N–H and O–H groups in total. The monoisotopic (exact) mass is 674 g/mol. The van der Waals surface area contributed by atoms with E-state index in [1.54, 1.807) is 6.07 Å². The molecular formula is C43H56B2O5. The van der Waals surface area contributed by atoms with E-state index >= 15 is 0 Å². The molecule has 1 aliphatic rings. The lowest BCUT2D eigenvalue weighted by Gasteiger charge is -2.37. The summed E-state index contributed by atoms with van der Waals surface area (Å²) in [5.74, 6) is 2.06. The van der Waals surface area contributed by atoms with Gasteiger partial charge in [-0.05, 0) is 94.8 Å². The molecule has 1 aliphatic carbocycles. The van der Waals surface area contributed by atoms with Crippen molar-refractivity contribution in [2.75, 3.05) is 6.61 Å². The van der Waals surface area contributed by atoms with Crippen LogP contribution >= 0.6 is 0 Å². The number of hydrogen-bond donors (Lipinski definition) is 3. The Bertz CT molecular complexity index is 1780. The molecule has 0 heterocycles. The van der Waals surface area contributed by atoms with Gasteiger partial charge < -0.3 is 24.5 Å². The fourth-order valence-electron chi connectivity index (χ4n) is 7.31. The van der Waals surface area contributed by atoms with Crippen molar-refractivity contribution in [2.45, 2.75) is 99.5 Å². The summed E-state index contributed by atoms with van der Waals surface area (Å²) in [7, 11) is -2.76. The number of benzene rings is 4. The molecule has 0 spiro atoms. The summed E-state index contributed by atoms with van der Waals surface area (Å²) in [5.41, 5.74) is 8.27. The lowest BCUT2D eigenvalue weighted by Crippen LogP contribution is -2.41. The molecule has 50 heavy (non-hydrogen) atoms. The molecule has 0 radical (unpaired) electrons. The third-order valence-electron chi connectivity index (χ3n) is 10.8. The van der Waals surface area contributed by atoms with Crippen molar-refractivity contribution in [3.63, 3.8) is 0 Å². The summed E-state index contributed by atoms with van der Waals surface area (Å²) in [6.45, 7) is 20.0. The molecule has 264 valence electrons. The molecule has 0 bridgehead atoms. The van der Waals surface area contributed by atoms with Crippen molar-refractivity contribution in [1.82, 2.24) is 0 Å². The van der Waals surface area contributed by atoms with Gasteiger partial charge in [-0.2, -0.15) is 0 Å². The Morgan fingerprint density at radius 3 is 1.98 bits per heavy atom. The zero-order valence-electron chi connectivity index (χ0n) is 31.6. The van der Waals surface area contributed by atoms with Crippen LogP contribution in [0.5, 0.6) is 5.75 Å². The van der Waals surface area contributed by atoms with Crippen LogP contribution < -0.4 is 15.7 Å². The van der Waals surface area contributed by atoms with Crippen LogP contribution in [0.15, 0.2) is 78.9 Å². The van der Waals surface area contributed by atoms with E-state index in [1.165, 1.54) is 19.3 Å². The second-order valence-electron chi connectivity index (χ2n) is 16.1. The van der Waals surface area contributed by atoms with E-state index in [0.29, 0.717) is 29.4 Å². The number of aryl methyl sites for hydroxylation is 2. The molecule has 4 aromatic carbocycles. The molecule has 3 unspecified atom stereocenters. The zero-order valence-corrected chi connectivity index (χ0v) is 31.6.